The highest BCUT2D eigenvalue weighted by Gasteiger charge is 2.31. The van der Waals surface area contributed by atoms with Crippen molar-refractivity contribution in [2.24, 2.45) is 0 Å². The molecule has 34 heavy (non-hydrogen) atoms. The van der Waals surface area contributed by atoms with Crippen LogP contribution in [0.4, 0.5) is 13.2 Å². The van der Waals surface area contributed by atoms with Crippen LogP contribution in [0.1, 0.15) is 41.0 Å². The number of carbonyl (C=O) groups is 2. The lowest BCUT2D eigenvalue weighted by molar-refractivity contribution is -0.142. The molecule has 0 radical (unpaired) electrons. The second kappa shape index (κ2) is 9.71. The summed E-state index contributed by atoms with van der Waals surface area (Å²) in [6, 6.07) is 18.0. The molecule has 1 aliphatic rings. The Morgan fingerprint density at radius 1 is 0.971 bits per heavy atom. The molecule has 1 unspecified atom stereocenters. The number of carbonyl (C=O) groups excluding carboxylic acids is 2. The summed E-state index contributed by atoms with van der Waals surface area (Å²) < 4.78 is 49.1. The topological polar surface area (TPSA) is 52.6 Å². The van der Waals surface area contributed by atoms with Crippen LogP contribution in [0.25, 0.3) is 11.1 Å². The molecule has 0 fully saturated rings. The summed E-state index contributed by atoms with van der Waals surface area (Å²) in [4.78, 5) is 24.0. The first-order valence-electron chi connectivity index (χ1n) is 10.9. The van der Waals surface area contributed by atoms with E-state index in [1.165, 1.54) is 19.2 Å². The molecule has 0 saturated carbocycles. The lowest BCUT2D eigenvalue weighted by Gasteiger charge is -2.24. The minimum atomic E-state index is -4.37. The maximum Gasteiger partial charge on any atom is 0.416 e. The molecular weight excluding hydrogens is 445 g/mol. The van der Waals surface area contributed by atoms with E-state index in [4.69, 9.17) is 9.47 Å². The number of methoxy groups -OCH3 is 1. The van der Waals surface area contributed by atoms with E-state index in [0.717, 1.165) is 34.4 Å². The first-order valence-corrected chi connectivity index (χ1v) is 10.9. The van der Waals surface area contributed by atoms with E-state index in [1.807, 2.05) is 36.4 Å². The fourth-order valence-corrected chi connectivity index (χ4v) is 4.17. The molecule has 3 aromatic rings. The number of hydrogen-bond acceptors (Lipinski definition) is 4. The Bertz CT molecular complexity index is 1200. The molecule has 0 aliphatic heterocycles. The van der Waals surface area contributed by atoms with Crippen molar-refractivity contribution in [1.29, 1.82) is 0 Å². The van der Waals surface area contributed by atoms with Crippen LogP contribution >= 0.6 is 0 Å². The average Bonchev–Trinajstić information content (AvgIpc) is 2.84. The number of halogens is 3. The van der Waals surface area contributed by atoms with Crippen molar-refractivity contribution in [1.82, 2.24) is 0 Å². The van der Waals surface area contributed by atoms with Gasteiger partial charge in [-0.15, -0.1) is 0 Å². The molecule has 7 heteroatoms. The van der Waals surface area contributed by atoms with Gasteiger partial charge in [0.05, 0.1) is 25.0 Å². The maximum atomic E-state index is 12.8. The first kappa shape index (κ1) is 23.5. The van der Waals surface area contributed by atoms with Gasteiger partial charge in [-0.05, 0) is 64.6 Å². The van der Waals surface area contributed by atoms with Gasteiger partial charge in [0.25, 0.3) is 0 Å². The summed E-state index contributed by atoms with van der Waals surface area (Å²) >= 11 is 0. The number of ether oxygens (including phenoxy) is 2. The Kier molecular flexibility index (Phi) is 6.72. The molecule has 0 N–H and O–H groups in total. The van der Waals surface area contributed by atoms with Crippen molar-refractivity contribution in [3.8, 4) is 16.9 Å². The molecule has 0 saturated heterocycles. The van der Waals surface area contributed by atoms with Gasteiger partial charge >= 0.3 is 12.1 Å². The van der Waals surface area contributed by atoms with Gasteiger partial charge in [0.2, 0.25) is 0 Å². The summed E-state index contributed by atoms with van der Waals surface area (Å²) in [5.74, 6) is -0.235. The van der Waals surface area contributed by atoms with Crippen LogP contribution in [0.2, 0.25) is 0 Å². The minimum absolute atomic E-state index is 0.0271. The predicted molar refractivity (Wildman–Crippen MR) is 120 cm³/mol. The van der Waals surface area contributed by atoms with Crippen LogP contribution in [0.5, 0.6) is 5.75 Å². The molecule has 0 bridgehead atoms. The molecule has 0 amide bonds. The van der Waals surface area contributed by atoms with E-state index in [1.54, 1.807) is 6.07 Å². The highest BCUT2D eigenvalue weighted by atomic mass is 19.4. The van der Waals surface area contributed by atoms with E-state index in [2.05, 4.69) is 0 Å². The average molecular weight is 468 g/mol. The van der Waals surface area contributed by atoms with Gasteiger partial charge in [-0.3, -0.25) is 9.59 Å². The number of hydrogen-bond donors (Lipinski definition) is 0. The Morgan fingerprint density at radius 3 is 2.44 bits per heavy atom. The van der Waals surface area contributed by atoms with Crippen molar-refractivity contribution in [3.05, 3.63) is 89.0 Å². The van der Waals surface area contributed by atoms with Crippen LogP contribution in [0.3, 0.4) is 0 Å². The second-order valence-electron chi connectivity index (χ2n) is 8.22. The highest BCUT2D eigenvalue weighted by Crippen LogP contribution is 2.35. The number of aryl methyl sites for hydroxylation is 1. The SMILES string of the molecule is COC(=O)CC1C(=O)CCc2cc(OCc3cccc(-c4ccc(C(F)(F)F)cc4)c3)ccc21. The lowest BCUT2D eigenvalue weighted by Crippen LogP contribution is -2.23. The van der Waals surface area contributed by atoms with Crippen LogP contribution in [0.15, 0.2) is 66.7 Å². The van der Waals surface area contributed by atoms with Gasteiger partial charge in [0, 0.05) is 6.42 Å². The Morgan fingerprint density at radius 2 is 1.74 bits per heavy atom. The third-order valence-corrected chi connectivity index (χ3v) is 6.00. The number of Topliss-reactive ketones (excluding diaryl/α,β-unsaturated/α-hetero) is 1. The number of ketones is 1. The number of benzene rings is 3. The maximum absolute atomic E-state index is 12.8. The Balaban J connectivity index is 1.46. The van der Waals surface area contributed by atoms with Gasteiger partial charge in [-0.25, -0.2) is 0 Å². The van der Waals surface area contributed by atoms with Crippen LogP contribution in [0, 0.1) is 0 Å². The summed E-state index contributed by atoms with van der Waals surface area (Å²) in [6.45, 7) is 0.276. The summed E-state index contributed by atoms with van der Waals surface area (Å²) in [7, 11) is 1.31. The monoisotopic (exact) mass is 468 g/mol. The summed E-state index contributed by atoms with van der Waals surface area (Å²) in [6.07, 6.45) is -3.38. The van der Waals surface area contributed by atoms with E-state index < -0.39 is 23.6 Å². The van der Waals surface area contributed by atoms with E-state index in [9.17, 15) is 22.8 Å². The molecule has 4 nitrogen and oxygen atoms in total. The van der Waals surface area contributed by atoms with Crippen molar-refractivity contribution in [2.75, 3.05) is 7.11 Å². The fraction of sp³-hybridized carbons (Fsp3) is 0.259. The van der Waals surface area contributed by atoms with Gasteiger partial charge in [0.1, 0.15) is 18.1 Å². The molecule has 4 rings (SSSR count). The second-order valence-corrected chi connectivity index (χ2v) is 8.22. The summed E-state index contributed by atoms with van der Waals surface area (Å²) in [5, 5.41) is 0. The molecular formula is C27H23F3O4. The van der Waals surface area contributed by atoms with Crippen molar-refractivity contribution >= 4 is 11.8 Å². The summed E-state index contributed by atoms with van der Waals surface area (Å²) in [5.41, 5.74) is 3.48. The number of fused-ring (bicyclic) bond motifs is 1. The van der Waals surface area contributed by atoms with Crippen LogP contribution in [-0.4, -0.2) is 18.9 Å². The number of rotatable bonds is 6. The molecule has 3 aromatic carbocycles. The molecule has 0 aromatic heterocycles. The minimum Gasteiger partial charge on any atom is -0.489 e. The van der Waals surface area contributed by atoms with Crippen LogP contribution < -0.4 is 4.74 Å². The largest absolute Gasteiger partial charge is 0.489 e. The van der Waals surface area contributed by atoms with Crippen molar-refractivity contribution < 1.29 is 32.2 Å². The number of esters is 1. The third kappa shape index (κ3) is 5.30. The Labute approximate surface area is 195 Å². The highest BCUT2D eigenvalue weighted by molar-refractivity contribution is 5.91. The molecule has 1 atom stereocenters. The standard InChI is InChI=1S/C27H23F3O4/c1-33-26(32)15-24-23-11-10-22(14-20(23)7-12-25(24)31)34-16-17-3-2-4-19(13-17)18-5-8-21(9-6-18)27(28,29)30/h2-6,8-11,13-14,24H,7,12,15-16H2,1H3. The predicted octanol–water partition coefficient (Wildman–Crippen LogP) is 6.11. The van der Waals surface area contributed by atoms with Gasteiger partial charge < -0.3 is 9.47 Å². The Hall–Kier alpha value is -3.61. The van der Waals surface area contributed by atoms with E-state index in [-0.39, 0.29) is 18.8 Å². The van der Waals surface area contributed by atoms with Gasteiger partial charge in [-0.1, -0.05) is 36.4 Å². The smallest absolute Gasteiger partial charge is 0.416 e. The zero-order valence-corrected chi connectivity index (χ0v) is 18.5. The quantitative estimate of drug-likeness (QED) is 0.410. The normalized spacial score (nSPS) is 15.5. The van der Waals surface area contributed by atoms with Crippen molar-refractivity contribution in [3.63, 3.8) is 0 Å². The van der Waals surface area contributed by atoms with E-state index >= 15 is 0 Å². The molecule has 176 valence electrons. The third-order valence-electron chi connectivity index (χ3n) is 6.00. The van der Waals surface area contributed by atoms with Gasteiger partial charge in [-0.2, -0.15) is 13.2 Å². The van der Waals surface area contributed by atoms with Gasteiger partial charge in [0.15, 0.2) is 0 Å². The van der Waals surface area contributed by atoms with Crippen molar-refractivity contribution in [2.45, 2.75) is 38.0 Å². The van der Waals surface area contributed by atoms with E-state index in [0.29, 0.717) is 24.2 Å². The fourth-order valence-electron chi connectivity index (χ4n) is 4.17. The molecule has 0 spiro atoms. The zero-order chi connectivity index (χ0) is 24.3. The lowest BCUT2D eigenvalue weighted by atomic mass is 9.80. The van der Waals surface area contributed by atoms with Crippen LogP contribution in [-0.2, 0) is 33.5 Å². The number of alkyl halides is 3. The molecule has 1 aliphatic carbocycles. The first-order chi connectivity index (χ1) is 16.2. The molecule has 0 heterocycles. The zero-order valence-electron chi connectivity index (χ0n) is 18.5.